The summed E-state index contributed by atoms with van der Waals surface area (Å²) in [4.78, 5) is 89.5. The first kappa shape index (κ1) is 42.4. The number of amides is 6. The van der Waals surface area contributed by atoms with Gasteiger partial charge in [0, 0.05) is 23.2 Å². The minimum absolute atomic E-state index is 0.0374. The minimum Gasteiger partial charge on any atom is -0.391 e. The monoisotopic (exact) mass is 758 g/mol. The molecule has 2 aromatic rings. The second-order valence-electron chi connectivity index (χ2n) is 12.5. The van der Waals surface area contributed by atoms with E-state index in [-0.39, 0.29) is 31.1 Å². The van der Waals surface area contributed by atoms with Crippen molar-refractivity contribution in [3.05, 3.63) is 59.1 Å². The molecule has 1 saturated carbocycles. The van der Waals surface area contributed by atoms with Crippen molar-refractivity contribution >= 4 is 52.8 Å². The number of aliphatic hydroxyl groups is 1. The largest absolute Gasteiger partial charge is 0.391 e. The summed E-state index contributed by atoms with van der Waals surface area (Å²) < 4.78 is 0. The normalized spacial score (nSPS) is 15.7. The number of carbonyl (C=O) groups excluding carboxylic acids is 7. The maximum Gasteiger partial charge on any atom is 0.291 e. The molecule has 0 spiro atoms. The maximum absolute atomic E-state index is 13.1. The molecule has 1 aliphatic rings. The van der Waals surface area contributed by atoms with E-state index in [1.54, 1.807) is 36.4 Å². The molecule has 3 rings (SSSR count). The minimum atomic E-state index is -1.79. The van der Waals surface area contributed by atoms with Crippen molar-refractivity contribution < 1.29 is 38.7 Å². The van der Waals surface area contributed by atoms with Crippen LogP contribution in [0.25, 0.3) is 11.1 Å². The Hall–Kier alpha value is -4.98. The first-order valence-corrected chi connectivity index (χ1v) is 17.3. The number of ketones is 1. The second-order valence-corrected chi connectivity index (χ2v) is 12.9. The highest BCUT2D eigenvalue weighted by Gasteiger charge is 2.34. The van der Waals surface area contributed by atoms with Crippen molar-refractivity contribution in [1.29, 1.82) is 0 Å². The average molecular weight is 759 g/mol. The lowest BCUT2D eigenvalue weighted by Gasteiger charge is -2.26. The number of halogens is 1. The molecule has 0 aliphatic heterocycles. The van der Waals surface area contributed by atoms with Gasteiger partial charge in [0.15, 0.2) is 6.17 Å². The van der Waals surface area contributed by atoms with Crippen molar-refractivity contribution in [1.82, 2.24) is 31.9 Å². The van der Waals surface area contributed by atoms with Crippen molar-refractivity contribution in [3.63, 3.8) is 0 Å². The van der Waals surface area contributed by atoms with Gasteiger partial charge in [0.1, 0.15) is 24.3 Å². The standard InChI is InChI=1S/C34H47ClN10O8/c1-17(46)25(43-31(50)24(16-37)42-29(48)20-7-5-18(6-8-20)19-9-11-21(35)12-10-19)32(51)45-28(39)34(53)41-23(4-2-3-15-36)30(49)44-27(38)26(47)33(52)40-22-13-14-22/h5-12,17,22-25,27-28,46H,2-4,13-16,36-39H2,1H3,(H,40,52)(H,41,53)(H,42,48)(H,43,50)(H,44,49)(H,45,51). The van der Waals surface area contributed by atoms with E-state index in [1.165, 1.54) is 6.92 Å². The van der Waals surface area contributed by atoms with Crippen LogP contribution in [0, 0.1) is 0 Å². The molecule has 1 fully saturated rings. The molecule has 6 amide bonds. The van der Waals surface area contributed by atoms with Gasteiger partial charge >= 0.3 is 0 Å². The van der Waals surface area contributed by atoms with E-state index in [0.29, 0.717) is 17.9 Å². The van der Waals surface area contributed by atoms with Crippen LogP contribution in [-0.2, 0) is 28.8 Å². The fraction of sp³-hybridized carbons (Fsp3) is 0.441. The van der Waals surface area contributed by atoms with Gasteiger partial charge in [-0.25, -0.2) is 0 Å². The number of benzene rings is 2. The van der Waals surface area contributed by atoms with Gasteiger partial charge in [-0.05, 0) is 81.0 Å². The van der Waals surface area contributed by atoms with E-state index in [9.17, 15) is 38.7 Å². The molecule has 15 N–H and O–H groups in total. The zero-order valence-electron chi connectivity index (χ0n) is 29.1. The zero-order valence-corrected chi connectivity index (χ0v) is 29.9. The Kier molecular flexibility index (Phi) is 16.3. The van der Waals surface area contributed by atoms with E-state index in [4.69, 9.17) is 34.5 Å². The van der Waals surface area contributed by atoms with Gasteiger partial charge in [0.05, 0.1) is 6.10 Å². The molecule has 0 bridgehead atoms. The summed E-state index contributed by atoms with van der Waals surface area (Å²) in [5.74, 6) is -6.58. The fourth-order valence-corrected chi connectivity index (χ4v) is 4.99. The Balaban J connectivity index is 1.58. The summed E-state index contributed by atoms with van der Waals surface area (Å²) in [6.07, 6.45) is -2.64. The molecule has 19 heteroatoms. The van der Waals surface area contributed by atoms with Gasteiger partial charge < -0.3 is 59.9 Å². The molecule has 18 nitrogen and oxygen atoms in total. The molecule has 1 aliphatic carbocycles. The van der Waals surface area contributed by atoms with Crippen LogP contribution in [0.3, 0.4) is 0 Å². The Morgan fingerprint density at radius 3 is 1.85 bits per heavy atom. The van der Waals surface area contributed by atoms with E-state index in [0.717, 1.165) is 24.0 Å². The summed E-state index contributed by atoms with van der Waals surface area (Å²) in [7, 11) is 0. The quantitative estimate of drug-likeness (QED) is 0.0371. The number of Topliss-reactive ketones (excluding diaryl/α,β-unsaturated/α-hetero) is 1. The molecule has 2 aromatic carbocycles. The lowest BCUT2D eigenvalue weighted by molar-refractivity contribution is -0.140. The number of unbranched alkanes of at least 4 members (excludes halogenated alkanes) is 1. The van der Waals surface area contributed by atoms with Crippen LogP contribution in [0.5, 0.6) is 0 Å². The van der Waals surface area contributed by atoms with Gasteiger partial charge in [-0.2, -0.15) is 0 Å². The van der Waals surface area contributed by atoms with E-state index >= 15 is 0 Å². The van der Waals surface area contributed by atoms with Gasteiger partial charge in [-0.3, -0.25) is 33.6 Å². The first-order valence-electron chi connectivity index (χ1n) is 17.0. The number of hydrogen-bond donors (Lipinski definition) is 11. The molecule has 0 aromatic heterocycles. The topological polar surface area (TPSA) is 316 Å². The van der Waals surface area contributed by atoms with Crippen molar-refractivity contribution in [3.8, 4) is 11.1 Å². The predicted octanol–water partition coefficient (Wildman–Crippen LogP) is -2.81. The summed E-state index contributed by atoms with van der Waals surface area (Å²) in [6, 6.07) is 9.26. The van der Waals surface area contributed by atoms with E-state index in [2.05, 4.69) is 31.9 Å². The molecule has 288 valence electrons. The number of hydrogen-bond acceptors (Lipinski definition) is 12. The molecule has 6 unspecified atom stereocenters. The molecule has 0 radical (unpaired) electrons. The summed E-state index contributed by atoms with van der Waals surface area (Å²) in [5.41, 5.74) is 24.8. The predicted molar refractivity (Wildman–Crippen MR) is 194 cm³/mol. The van der Waals surface area contributed by atoms with Crippen molar-refractivity contribution in [2.45, 2.75) is 81.6 Å². The van der Waals surface area contributed by atoms with Gasteiger partial charge in [-0.15, -0.1) is 0 Å². The summed E-state index contributed by atoms with van der Waals surface area (Å²) in [5, 5.41) is 24.9. The van der Waals surface area contributed by atoms with Crippen molar-refractivity contribution in [2.75, 3.05) is 13.1 Å². The molecule has 53 heavy (non-hydrogen) atoms. The average Bonchev–Trinajstić information content (AvgIpc) is 3.95. The third kappa shape index (κ3) is 13.2. The van der Waals surface area contributed by atoms with Crippen LogP contribution >= 0.6 is 11.6 Å². The Morgan fingerprint density at radius 1 is 0.736 bits per heavy atom. The second kappa shape index (κ2) is 20.3. The third-order valence-electron chi connectivity index (χ3n) is 8.12. The number of rotatable bonds is 20. The molecular weight excluding hydrogens is 712 g/mol. The fourth-order valence-electron chi connectivity index (χ4n) is 4.87. The zero-order chi connectivity index (χ0) is 39.2. The highest BCUT2D eigenvalue weighted by molar-refractivity contribution is 6.38. The number of nitrogens with two attached hydrogens (primary N) is 4. The maximum atomic E-state index is 13.1. The van der Waals surface area contributed by atoms with Crippen LogP contribution in [0.15, 0.2) is 48.5 Å². The summed E-state index contributed by atoms with van der Waals surface area (Å²) in [6.45, 7) is 1.11. The number of aliphatic hydroxyl groups excluding tert-OH is 1. The van der Waals surface area contributed by atoms with Gasteiger partial charge in [0.25, 0.3) is 23.5 Å². The molecular formula is C34H47ClN10O8. The smallest absolute Gasteiger partial charge is 0.291 e. The highest BCUT2D eigenvalue weighted by atomic mass is 35.5. The molecule has 0 heterocycles. The molecule has 0 saturated heterocycles. The van der Waals surface area contributed by atoms with Crippen LogP contribution in [0.1, 0.15) is 49.4 Å². The first-order chi connectivity index (χ1) is 25.1. The lowest BCUT2D eigenvalue weighted by atomic mass is 10.0. The third-order valence-corrected chi connectivity index (χ3v) is 8.37. The van der Waals surface area contributed by atoms with Crippen LogP contribution in [-0.4, -0.2) is 102 Å². The van der Waals surface area contributed by atoms with Gasteiger partial charge in [-0.1, -0.05) is 35.9 Å². The molecule has 6 atom stereocenters. The summed E-state index contributed by atoms with van der Waals surface area (Å²) >= 11 is 5.95. The van der Waals surface area contributed by atoms with Crippen LogP contribution in [0.2, 0.25) is 5.02 Å². The Bertz CT molecular complexity index is 1620. The number of carbonyl (C=O) groups is 7. The van der Waals surface area contributed by atoms with Crippen molar-refractivity contribution in [2.24, 2.45) is 22.9 Å². The SMILES string of the molecule is CC(O)C(NC(=O)C(CN)NC(=O)c1ccc(-c2ccc(Cl)cc2)cc1)C(=O)NC(N)C(=O)NC(CCCCN)C(=O)NC(N)C(=O)C(=O)NC1CC1. The van der Waals surface area contributed by atoms with Crippen LogP contribution < -0.4 is 54.8 Å². The van der Waals surface area contributed by atoms with Gasteiger partial charge in [0.2, 0.25) is 17.7 Å². The van der Waals surface area contributed by atoms with E-state index < -0.39 is 77.8 Å². The highest BCUT2D eigenvalue weighted by Crippen LogP contribution is 2.22. The van der Waals surface area contributed by atoms with Crippen LogP contribution in [0.4, 0.5) is 0 Å². The Morgan fingerprint density at radius 2 is 1.30 bits per heavy atom. The number of nitrogens with one attached hydrogen (secondary N) is 6. The Labute approximate surface area is 310 Å². The van der Waals surface area contributed by atoms with E-state index in [1.807, 2.05) is 12.1 Å². The lowest BCUT2D eigenvalue weighted by Crippen LogP contribution is -2.63.